The van der Waals surface area contributed by atoms with E-state index in [0.29, 0.717) is 22.9 Å². The number of hydrogen-bond acceptors (Lipinski definition) is 3. The highest BCUT2D eigenvalue weighted by Crippen LogP contribution is 2.19. The Kier molecular flexibility index (Phi) is 6.57. The van der Waals surface area contributed by atoms with Crippen molar-refractivity contribution in [2.75, 3.05) is 11.9 Å². The molecule has 25 heavy (non-hydrogen) atoms. The van der Waals surface area contributed by atoms with Crippen molar-refractivity contribution in [1.82, 2.24) is 5.32 Å². The van der Waals surface area contributed by atoms with Gasteiger partial charge in [0.05, 0.1) is 5.56 Å². The Labute approximate surface area is 148 Å². The number of amides is 2. The van der Waals surface area contributed by atoms with Gasteiger partial charge >= 0.3 is 0 Å². The fourth-order valence-corrected chi connectivity index (χ4v) is 2.11. The second-order valence-corrected chi connectivity index (χ2v) is 6.21. The third-order valence-corrected chi connectivity index (χ3v) is 3.91. The molecular weight excluding hydrogens is 316 g/mol. The van der Waals surface area contributed by atoms with Gasteiger partial charge in [-0.1, -0.05) is 44.2 Å². The molecule has 2 aromatic carbocycles. The van der Waals surface area contributed by atoms with Crippen LogP contribution in [0.25, 0.3) is 0 Å². The highest BCUT2D eigenvalue weighted by Gasteiger charge is 2.15. The zero-order valence-corrected chi connectivity index (χ0v) is 14.8. The van der Waals surface area contributed by atoms with E-state index in [1.54, 1.807) is 24.3 Å². The molecule has 5 heteroatoms. The first-order chi connectivity index (χ1) is 12.0. The number of carbonyl (C=O) groups is 2. The average Bonchev–Trinajstić information content (AvgIpc) is 2.61. The van der Waals surface area contributed by atoms with Crippen LogP contribution in [0.15, 0.2) is 54.6 Å². The first kappa shape index (κ1) is 18.5. The van der Waals surface area contributed by atoms with E-state index in [1.807, 2.05) is 51.1 Å². The van der Waals surface area contributed by atoms with Gasteiger partial charge in [0, 0.05) is 11.7 Å². The molecule has 0 fully saturated rings. The molecule has 0 aliphatic carbocycles. The molecule has 132 valence electrons. The topological polar surface area (TPSA) is 67.4 Å². The van der Waals surface area contributed by atoms with Crippen molar-refractivity contribution < 1.29 is 14.3 Å². The number of para-hydroxylation sites is 2. The Hall–Kier alpha value is -2.82. The summed E-state index contributed by atoms with van der Waals surface area (Å²) in [6.07, 6.45) is 0. The third-order valence-electron chi connectivity index (χ3n) is 3.91. The summed E-state index contributed by atoms with van der Waals surface area (Å²) in [4.78, 5) is 24.4. The van der Waals surface area contributed by atoms with Crippen LogP contribution in [0, 0.1) is 5.92 Å². The van der Waals surface area contributed by atoms with Gasteiger partial charge in [-0.05, 0) is 37.1 Å². The van der Waals surface area contributed by atoms with Crippen molar-refractivity contribution in [2.24, 2.45) is 5.92 Å². The number of nitrogens with one attached hydrogen (secondary N) is 2. The monoisotopic (exact) mass is 340 g/mol. The fraction of sp³-hybridized carbons (Fsp3) is 0.300. The molecule has 2 amide bonds. The maximum Gasteiger partial charge on any atom is 0.259 e. The van der Waals surface area contributed by atoms with Crippen molar-refractivity contribution in [2.45, 2.75) is 26.8 Å². The Morgan fingerprint density at radius 1 is 0.960 bits per heavy atom. The van der Waals surface area contributed by atoms with Gasteiger partial charge in [-0.2, -0.15) is 0 Å². The molecule has 0 spiro atoms. The predicted molar refractivity (Wildman–Crippen MR) is 98.8 cm³/mol. The second kappa shape index (κ2) is 8.87. The van der Waals surface area contributed by atoms with E-state index in [9.17, 15) is 9.59 Å². The summed E-state index contributed by atoms with van der Waals surface area (Å²) in [5, 5.41) is 5.69. The Morgan fingerprint density at radius 2 is 1.60 bits per heavy atom. The molecule has 0 radical (unpaired) electrons. The SMILES string of the molecule is CC(C)C(C)NC(=O)COc1ccccc1C(=O)Nc1ccccc1. The summed E-state index contributed by atoms with van der Waals surface area (Å²) in [6, 6.07) is 16.1. The van der Waals surface area contributed by atoms with Crippen LogP contribution in [-0.2, 0) is 4.79 Å². The van der Waals surface area contributed by atoms with Gasteiger partial charge in [0.2, 0.25) is 0 Å². The van der Waals surface area contributed by atoms with Crippen LogP contribution in [0.5, 0.6) is 5.75 Å². The van der Waals surface area contributed by atoms with Gasteiger partial charge < -0.3 is 15.4 Å². The van der Waals surface area contributed by atoms with E-state index < -0.39 is 0 Å². The first-order valence-electron chi connectivity index (χ1n) is 8.35. The van der Waals surface area contributed by atoms with E-state index in [1.165, 1.54) is 0 Å². The zero-order valence-electron chi connectivity index (χ0n) is 14.8. The summed E-state index contributed by atoms with van der Waals surface area (Å²) in [6.45, 7) is 5.89. The van der Waals surface area contributed by atoms with Crippen LogP contribution in [0.3, 0.4) is 0 Å². The molecule has 5 nitrogen and oxygen atoms in total. The van der Waals surface area contributed by atoms with Crippen LogP contribution >= 0.6 is 0 Å². The molecular formula is C20H24N2O3. The van der Waals surface area contributed by atoms with Crippen molar-refractivity contribution >= 4 is 17.5 Å². The largest absolute Gasteiger partial charge is 0.483 e. The summed E-state index contributed by atoms with van der Waals surface area (Å²) in [5.74, 6) is 0.230. The molecule has 0 bridgehead atoms. The van der Waals surface area contributed by atoms with Crippen LogP contribution in [-0.4, -0.2) is 24.5 Å². The average molecular weight is 340 g/mol. The maximum absolute atomic E-state index is 12.5. The van der Waals surface area contributed by atoms with Gasteiger partial charge in [0.25, 0.3) is 11.8 Å². The van der Waals surface area contributed by atoms with Gasteiger partial charge in [-0.15, -0.1) is 0 Å². The van der Waals surface area contributed by atoms with Crippen molar-refractivity contribution in [3.63, 3.8) is 0 Å². The number of rotatable bonds is 7. The number of ether oxygens (including phenoxy) is 1. The van der Waals surface area contributed by atoms with Gasteiger partial charge in [-0.3, -0.25) is 9.59 Å². The minimum atomic E-state index is -0.280. The number of carbonyl (C=O) groups excluding carboxylic acids is 2. The summed E-state index contributed by atoms with van der Waals surface area (Å²) in [5.41, 5.74) is 1.09. The molecule has 1 atom stereocenters. The van der Waals surface area contributed by atoms with Crippen molar-refractivity contribution in [1.29, 1.82) is 0 Å². The summed E-state index contributed by atoms with van der Waals surface area (Å²) in [7, 11) is 0. The third kappa shape index (κ3) is 5.64. The lowest BCUT2D eigenvalue weighted by Gasteiger charge is -2.18. The lowest BCUT2D eigenvalue weighted by atomic mass is 10.1. The molecule has 0 aromatic heterocycles. The van der Waals surface area contributed by atoms with E-state index in [0.717, 1.165) is 0 Å². The fourth-order valence-electron chi connectivity index (χ4n) is 2.11. The molecule has 0 aliphatic heterocycles. The lowest BCUT2D eigenvalue weighted by Crippen LogP contribution is -2.39. The number of benzene rings is 2. The molecule has 1 unspecified atom stereocenters. The van der Waals surface area contributed by atoms with E-state index >= 15 is 0 Å². The molecule has 2 rings (SSSR count). The lowest BCUT2D eigenvalue weighted by molar-refractivity contribution is -0.124. The molecule has 2 N–H and O–H groups in total. The van der Waals surface area contributed by atoms with Crippen molar-refractivity contribution in [3.8, 4) is 5.75 Å². The highest BCUT2D eigenvalue weighted by atomic mass is 16.5. The zero-order chi connectivity index (χ0) is 18.2. The van der Waals surface area contributed by atoms with Crippen molar-refractivity contribution in [3.05, 3.63) is 60.2 Å². The van der Waals surface area contributed by atoms with Gasteiger partial charge in [0.15, 0.2) is 6.61 Å². The Balaban J connectivity index is 2.00. The highest BCUT2D eigenvalue weighted by molar-refractivity contribution is 6.06. The van der Waals surface area contributed by atoms with Crippen LogP contribution < -0.4 is 15.4 Å². The molecule has 0 saturated carbocycles. The smallest absolute Gasteiger partial charge is 0.259 e. The van der Waals surface area contributed by atoms with Crippen LogP contribution in [0.4, 0.5) is 5.69 Å². The van der Waals surface area contributed by atoms with Crippen LogP contribution in [0.1, 0.15) is 31.1 Å². The predicted octanol–water partition coefficient (Wildman–Crippen LogP) is 3.48. The van der Waals surface area contributed by atoms with E-state index in [2.05, 4.69) is 10.6 Å². The summed E-state index contributed by atoms with van der Waals surface area (Å²) >= 11 is 0. The minimum absolute atomic E-state index is 0.0627. The maximum atomic E-state index is 12.5. The number of hydrogen-bond donors (Lipinski definition) is 2. The molecule has 2 aromatic rings. The Bertz CT molecular complexity index is 714. The normalized spacial score (nSPS) is 11.7. The number of anilines is 1. The van der Waals surface area contributed by atoms with E-state index in [4.69, 9.17) is 4.74 Å². The quantitative estimate of drug-likeness (QED) is 0.811. The van der Waals surface area contributed by atoms with Gasteiger partial charge in [0.1, 0.15) is 5.75 Å². The standard InChI is InChI=1S/C20H24N2O3/c1-14(2)15(3)21-19(23)13-25-18-12-8-7-11-17(18)20(24)22-16-9-5-4-6-10-16/h4-12,14-15H,13H2,1-3H3,(H,21,23)(H,22,24). The van der Waals surface area contributed by atoms with Gasteiger partial charge in [-0.25, -0.2) is 0 Å². The van der Waals surface area contributed by atoms with Crippen LogP contribution in [0.2, 0.25) is 0 Å². The first-order valence-corrected chi connectivity index (χ1v) is 8.35. The molecule has 0 saturated heterocycles. The Morgan fingerprint density at radius 3 is 2.28 bits per heavy atom. The molecule has 0 aliphatic rings. The second-order valence-electron chi connectivity index (χ2n) is 6.21. The van der Waals surface area contributed by atoms with E-state index in [-0.39, 0.29) is 24.5 Å². The minimum Gasteiger partial charge on any atom is -0.483 e. The summed E-state index contributed by atoms with van der Waals surface area (Å²) < 4.78 is 5.57. The molecule has 0 heterocycles.